The number of nitrogens with one attached hydrogen (secondary N) is 1. The molecule has 0 unspecified atom stereocenters. The lowest BCUT2D eigenvalue weighted by atomic mass is 10.1. The molecule has 11 heteroatoms. The number of hydrogen-bond acceptors (Lipinski definition) is 8. The number of anilines is 1. The average molecular weight is 378 g/mol. The molecule has 0 atom stereocenters. The Labute approximate surface area is 151 Å². The first-order valence-electron chi connectivity index (χ1n) is 7.21. The topological polar surface area (TPSA) is 168 Å². The lowest BCUT2D eigenvalue weighted by Gasteiger charge is -2.14. The molecule has 0 aromatic heterocycles. The quantitative estimate of drug-likeness (QED) is 0.433. The Kier molecular flexibility index (Phi) is 5.34. The molecule has 2 rings (SSSR count). The van der Waals surface area contributed by atoms with Crippen LogP contribution in [0.25, 0.3) is 0 Å². The SMILES string of the molecule is COc1c(NC(=O)c2ccc([N+](=O)[O-])c(OC)c2O)ccc(C(=O)O)c1O. The molecule has 0 bridgehead atoms. The van der Waals surface area contributed by atoms with E-state index in [4.69, 9.17) is 14.6 Å². The second-order valence-electron chi connectivity index (χ2n) is 5.07. The van der Waals surface area contributed by atoms with E-state index in [1.54, 1.807) is 0 Å². The standard InChI is InChI=1S/C16H14N2O9/c1-26-13-9(5-3-8(12(13)20)16(22)23)17-15(21)7-4-6-10(18(24)25)14(27-2)11(7)19/h3-6,19-20H,1-2H3,(H,17,21)(H,22,23). The Balaban J connectivity index is 2.45. The number of carboxylic acid groups (broad SMARTS) is 1. The molecule has 142 valence electrons. The number of carbonyl (C=O) groups is 2. The Morgan fingerprint density at radius 1 is 1.00 bits per heavy atom. The van der Waals surface area contributed by atoms with Crippen LogP contribution in [0, 0.1) is 10.1 Å². The van der Waals surface area contributed by atoms with Gasteiger partial charge in [-0.15, -0.1) is 0 Å². The van der Waals surface area contributed by atoms with Crippen molar-refractivity contribution in [2.75, 3.05) is 19.5 Å². The van der Waals surface area contributed by atoms with Gasteiger partial charge in [-0.1, -0.05) is 0 Å². The summed E-state index contributed by atoms with van der Waals surface area (Å²) in [7, 11) is 2.25. The van der Waals surface area contributed by atoms with Crippen LogP contribution in [0.4, 0.5) is 11.4 Å². The van der Waals surface area contributed by atoms with Gasteiger partial charge in [0, 0.05) is 6.07 Å². The largest absolute Gasteiger partial charge is 0.504 e. The van der Waals surface area contributed by atoms with Gasteiger partial charge in [-0.3, -0.25) is 14.9 Å². The minimum atomic E-state index is -1.40. The van der Waals surface area contributed by atoms with Gasteiger partial charge in [-0.2, -0.15) is 0 Å². The van der Waals surface area contributed by atoms with Crippen LogP contribution in [0.1, 0.15) is 20.7 Å². The maximum absolute atomic E-state index is 12.4. The van der Waals surface area contributed by atoms with Gasteiger partial charge in [0.15, 0.2) is 17.2 Å². The maximum Gasteiger partial charge on any atom is 0.339 e. The van der Waals surface area contributed by atoms with Crippen LogP contribution in [0.2, 0.25) is 0 Å². The second-order valence-corrected chi connectivity index (χ2v) is 5.07. The van der Waals surface area contributed by atoms with E-state index >= 15 is 0 Å². The predicted octanol–water partition coefficient (Wildman–Crippen LogP) is 1.97. The minimum absolute atomic E-state index is 0.0817. The number of ether oxygens (including phenoxy) is 2. The van der Waals surface area contributed by atoms with Gasteiger partial charge >= 0.3 is 11.7 Å². The summed E-state index contributed by atoms with van der Waals surface area (Å²) in [6.45, 7) is 0. The van der Waals surface area contributed by atoms with E-state index in [9.17, 15) is 29.9 Å². The lowest BCUT2D eigenvalue weighted by molar-refractivity contribution is -0.385. The van der Waals surface area contributed by atoms with E-state index in [0.717, 1.165) is 32.4 Å². The molecule has 0 heterocycles. The number of carbonyl (C=O) groups excluding carboxylic acids is 1. The van der Waals surface area contributed by atoms with Gasteiger partial charge in [-0.05, 0) is 18.2 Å². The molecule has 0 spiro atoms. The highest BCUT2D eigenvalue weighted by atomic mass is 16.6. The molecule has 1 amide bonds. The minimum Gasteiger partial charge on any atom is -0.504 e. The van der Waals surface area contributed by atoms with Gasteiger partial charge in [0.25, 0.3) is 5.91 Å². The summed E-state index contributed by atoms with van der Waals surface area (Å²) < 4.78 is 9.71. The number of methoxy groups -OCH3 is 2. The summed E-state index contributed by atoms with van der Waals surface area (Å²) in [4.78, 5) is 33.6. The van der Waals surface area contributed by atoms with Crippen LogP contribution in [-0.2, 0) is 0 Å². The summed E-state index contributed by atoms with van der Waals surface area (Å²) in [6.07, 6.45) is 0. The van der Waals surface area contributed by atoms with Crippen molar-refractivity contribution >= 4 is 23.3 Å². The smallest absolute Gasteiger partial charge is 0.339 e. The van der Waals surface area contributed by atoms with E-state index in [2.05, 4.69) is 5.32 Å². The van der Waals surface area contributed by atoms with Gasteiger partial charge in [0.1, 0.15) is 5.56 Å². The zero-order valence-corrected chi connectivity index (χ0v) is 14.0. The molecule has 11 nitrogen and oxygen atoms in total. The number of hydrogen-bond donors (Lipinski definition) is 4. The summed E-state index contributed by atoms with van der Waals surface area (Å²) in [5.74, 6) is -4.56. The van der Waals surface area contributed by atoms with Gasteiger partial charge in [0.05, 0.1) is 30.4 Å². The molecule has 2 aromatic rings. The number of amides is 1. The van der Waals surface area contributed by atoms with E-state index < -0.39 is 45.3 Å². The van der Waals surface area contributed by atoms with Crippen LogP contribution in [0.15, 0.2) is 24.3 Å². The monoisotopic (exact) mass is 378 g/mol. The van der Waals surface area contributed by atoms with Crippen molar-refractivity contribution in [1.29, 1.82) is 0 Å². The normalized spacial score (nSPS) is 10.1. The Morgan fingerprint density at radius 2 is 1.56 bits per heavy atom. The van der Waals surface area contributed by atoms with E-state index in [1.165, 1.54) is 6.07 Å². The fraction of sp³-hybridized carbons (Fsp3) is 0.125. The highest BCUT2D eigenvalue weighted by molar-refractivity contribution is 6.08. The summed E-state index contributed by atoms with van der Waals surface area (Å²) in [6, 6.07) is 4.23. The Morgan fingerprint density at radius 3 is 2.07 bits per heavy atom. The third kappa shape index (κ3) is 3.51. The zero-order valence-electron chi connectivity index (χ0n) is 14.0. The third-order valence-corrected chi connectivity index (χ3v) is 3.57. The highest BCUT2D eigenvalue weighted by Gasteiger charge is 2.26. The molecule has 0 fully saturated rings. The lowest BCUT2D eigenvalue weighted by Crippen LogP contribution is -2.14. The molecule has 0 saturated heterocycles. The number of phenolic OH excluding ortho intramolecular Hbond substituents is 1. The van der Waals surface area contributed by atoms with Crippen molar-refractivity contribution in [2.24, 2.45) is 0 Å². The van der Waals surface area contributed by atoms with Gasteiger partial charge < -0.3 is 30.1 Å². The number of nitro benzene ring substituents is 1. The molecule has 0 aliphatic rings. The van der Waals surface area contributed by atoms with Crippen LogP contribution in [-0.4, -0.2) is 46.3 Å². The number of nitro groups is 1. The van der Waals surface area contributed by atoms with Crippen molar-refractivity contribution in [1.82, 2.24) is 0 Å². The first-order valence-corrected chi connectivity index (χ1v) is 7.21. The molecule has 0 aliphatic heterocycles. The summed E-state index contributed by atoms with van der Waals surface area (Å²) in [5.41, 5.74) is -1.40. The van der Waals surface area contributed by atoms with E-state index in [0.29, 0.717) is 0 Å². The molecule has 0 saturated carbocycles. The first-order chi connectivity index (χ1) is 12.7. The average Bonchev–Trinajstić information content (AvgIpc) is 2.61. The van der Waals surface area contributed by atoms with Gasteiger partial charge in [0.2, 0.25) is 5.75 Å². The zero-order chi connectivity index (χ0) is 20.3. The molecule has 27 heavy (non-hydrogen) atoms. The van der Waals surface area contributed by atoms with Crippen molar-refractivity contribution < 1.29 is 39.3 Å². The van der Waals surface area contributed by atoms with E-state index in [1.807, 2.05) is 0 Å². The van der Waals surface area contributed by atoms with E-state index in [-0.39, 0.29) is 17.0 Å². The van der Waals surface area contributed by atoms with Crippen LogP contribution in [0.5, 0.6) is 23.0 Å². The highest BCUT2D eigenvalue weighted by Crippen LogP contribution is 2.40. The first kappa shape index (κ1) is 19.3. The van der Waals surface area contributed by atoms with Crippen molar-refractivity contribution in [2.45, 2.75) is 0 Å². The summed E-state index contributed by atoms with van der Waals surface area (Å²) >= 11 is 0. The molecule has 0 aliphatic carbocycles. The van der Waals surface area contributed by atoms with Gasteiger partial charge in [-0.25, -0.2) is 4.79 Å². The number of benzene rings is 2. The number of carboxylic acids is 1. The second kappa shape index (κ2) is 7.47. The number of aromatic hydroxyl groups is 2. The van der Waals surface area contributed by atoms with Crippen LogP contribution >= 0.6 is 0 Å². The third-order valence-electron chi connectivity index (χ3n) is 3.57. The molecule has 2 aromatic carbocycles. The van der Waals surface area contributed by atoms with Crippen LogP contribution in [0.3, 0.4) is 0 Å². The van der Waals surface area contributed by atoms with Crippen LogP contribution < -0.4 is 14.8 Å². The number of nitrogens with zero attached hydrogens (tertiary/aromatic N) is 1. The molecule has 4 N–H and O–H groups in total. The van der Waals surface area contributed by atoms with Crippen molar-refractivity contribution in [3.05, 3.63) is 45.5 Å². The Hall–Kier alpha value is -4.02. The number of phenols is 2. The molecule has 0 radical (unpaired) electrons. The number of rotatable bonds is 6. The van der Waals surface area contributed by atoms with Crippen molar-refractivity contribution in [3.63, 3.8) is 0 Å². The fourth-order valence-electron chi connectivity index (χ4n) is 2.33. The maximum atomic E-state index is 12.4. The molecular formula is C16H14N2O9. The summed E-state index contributed by atoms with van der Waals surface area (Å²) in [5, 5.41) is 42.3. The number of aromatic carboxylic acids is 1. The molecular weight excluding hydrogens is 364 g/mol. The fourth-order valence-corrected chi connectivity index (χ4v) is 2.33. The van der Waals surface area contributed by atoms with Crippen molar-refractivity contribution in [3.8, 4) is 23.0 Å². The predicted molar refractivity (Wildman–Crippen MR) is 90.9 cm³/mol. The Bertz CT molecular complexity index is 940.